The summed E-state index contributed by atoms with van der Waals surface area (Å²) in [5, 5.41) is 2.91. The van der Waals surface area contributed by atoms with Gasteiger partial charge in [0.1, 0.15) is 0 Å². The predicted molar refractivity (Wildman–Crippen MR) is 61.6 cm³/mol. The van der Waals surface area contributed by atoms with E-state index in [1.54, 1.807) is 7.11 Å². The quantitative estimate of drug-likeness (QED) is 0.637. The Bertz CT molecular complexity index is 168. The monoisotopic (exact) mass is 216 g/mol. The zero-order valence-electron chi connectivity index (χ0n) is 10.1. The van der Waals surface area contributed by atoms with Crippen molar-refractivity contribution in [3.63, 3.8) is 0 Å². The minimum Gasteiger partial charge on any atom is -0.383 e. The zero-order chi connectivity index (χ0) is 11.7. The summed E-state index contributed by atoms with van der Waals surface area (Å²) < 4.78 is 5.04. The van der Waals surface area contributed by atoms with E-state index < -0.39 is 0 Å². The van der Waals surface area contributed by atoms with Crippen molar-refractivity contribution in [2.24, 2.45) is 5.73 Å². The van der Waals surface area contributed by atoms with Gasteiger partial charge in [0.05, 0.1) is 18.7 Å². The van der Waals surface area contributed by atoms with Crippen molar-refractivity contribution in [2.45, 2.75) is 51.6 Å². The molecule has 0 saturated heterocycles. The molecule has 0 aromatic heterocycles. The molecule has 0 rings (SSSR count). The number of nitrogens with two attached hydrogens (primary N) is 1. The van der Waals surface area contributed by atoms with Gasteiger partial charge in [0.2, 0.25) is 5.91 Å². The Morgan fingerprint density at radius 1 is 1.33 bits per heavy atom. The van der Waals surface area contributed by atoms with Crippen molar-refractivity contribution >= 4 is 5.91 Å². The molecule has 2 unspecified atom stereocenters. The molecule has 0 aromatic rings. The minimum atomic E-state index is -0.383. The van der Waals surface area contributed by atoms with E-state index in [0.717, 1.165) is 25.7 Å². The highest BCUT2D eigenvalue weighted by Gasteiger charge is 2.16. The Balaban J connectivity index is 3.97. The first-order valence-corrected chi connectivity index (χ1v) is 5.70. The fraction of sp³-hybridized carbons (Fsp3) is 0.909. The van der Waals surface area contributed by atoms with Gasteiger partial charge in [-0.05, 0) is 12.8 Å². The summed E-state index contributed by atoms with van der Waals surface area (Å²) in [5.41, 5.74) is 5.72. The van der Waals surface area contributed by atoms with Crippen LogP contribution in [0.15, 0.2) is 0 Å². The highest BCUT2D eigenvalue weighted by molar-refractivity contribution is 5.81. The molecule has 0 saturated carbocycles. The summed E-state index contributed by atoms with van der Waals surface area (Å²) >= 11 is 0. The molecule has 1 amide bonds. The molecule has 0 aliphatic rings. The van der Waals surface area contributed by atoms with Crippen LogP contribution in [0, 0.1) is 0 Å². The number of amides is 1. The second-order valence-corrected chi connectivity index (χ2v) is 3.84. The molecule has 0 fully saturated rings. The van der Waals surface area contributed by atoms with Gasteiger partial charge in [-0.1, -0.05) is 26.7 Å². The number of rotatable bonds is 8. The smallest absolute Gasteiger partial charge is 0.237 e. The second-order valence-electron chi connectivity index (χ2n) is 3.84. The van der Waals surface area contributed by atoms with E-state index in [0.29, 0.717) is 6.61 Å². The van der Waals surface area contributed by atoms with Crippen LogP contribution >= 0.6 is 0 Å². The lowest BCUT2D eigenvalue weighted by molar-refractivity contribution is -0.123. The Morgan fingerprint density at radius 2 is 1.93 bits per heavy atom. The molecule has 90 valence electrons. The van der Waals surface area contributed by atoms with Crippen LogP contribution in [0.2, 0.25) is 0 Å². The number of hydrogen-bond acceptors (Lipinski definition) is 3. The summed E-state index contributed by atoms with van der Waals surface area (Å²) in [6.07, 6.45) is 3.62. The molecule has 0 aliphatic heterocycles. The van der Waals surface area contributed by atoms with Crippen molar-refractivity contribution in [1.29, 1.82) is 0 Å². The number of methoxy groups -OCH3 is 1. The Hall–Kier alpha value is -0.610. The topological polar surface area (TPSA) is 64.3 Å². The first kappa shape index (κ1) is 14.4. The van der Waals surface area contributed by atoms with E-state index in [4.69, 9.17) is 10.5 Å². The lowest BCUT2D eigenvalue weighted by Gasteiger charge is -2.19. The molecule has 0 heterocycles. The van der Waals surface area contributed by atoms with E-state index in [1.165, 1.54) is 0 Å². The molecule has 2 atom stereocenters. The van der Waals surface area contributed by atoms with Crippen LogP contribution in [0.4, 0.5) is 0 Å². The molecule has 4 nitrogen and oxygen atoms in total. The average Bonchev–Trinajstić information content (AvgIpc) is 2.18. The van der Waals surface area contributed by atoms with E-state index in [9.17, 15) is 4.79 Å². The summed E-state index contributed by atoms with van der Waals surface area (Å²) in [6.45, 7) is 4.66. The molecule has 3 N–H and O–H groups in total. The largest absolute Gasteiger partial charge is 0.383 e. The van der Waals surface area contributed by atoms with E-state index in [-0.39, 0.29) is 18.0 Å². The number of ether oxygens (including phenoxy) is 1. The van der Waals surface area contributed by atoms with E-state index in [1.807, 2.05) is 6.92 Å². The third-order valence-corrected chi connectivity index (χ3v) is 2.29. The maximum Gasteiger partial charge on any atom is 0.237 e. The fourth-order valence-corrected chi connectivity index (χ4v) is 1.50. The summed E-state index contributed by atoms with van der Waals surface area (Å²) in [6, 6.07) is -0.290. The molecule has 15 heavy (non-hydrogen) atoms. The fourth-order valence-electron chi connectivity index (χ4n) is 1.50. The Kier molecular flexibility index (Phi) is 8.33. The van der Waals surface area contributed by atoms with Gasteiger partial charge in [0.15, 0.2) is 0 Å². The highest BCUT2D eigenvalue weighted by Crippen LogP contribution is 1.99. The maximum atomic E-state index is 11.6. The first-order valence-electron chi connectivity index (χ1n) is 5.70. The lowest BCUT2D eigenvalue weighted by atomic mass is 10.1. The number of carbonyl (C=O) groups excluding carboxylic acids is 1. The molecule has 0 spiro atoms. The van der Waals surface area contributed by atoms with Crippen molar-refractivity contribution in [1.82, 2.24) is 5.32 Å². The lowest BCUT2D eigenvalue weighted by Crippen LogP contribution is -2.46. The van der Waals surface area contributed by atoms with Gasteiger partial charge in [-0.15, -0.1) is 0 Å². The van der Waals surface area contributed by atoms with Crippen LogP contribution in [-0.4, -0.2) is 31.7 Å². The minimum absolute atomic E-state index is 0.0626. The van der Waals surface area contributed by atoms with Crippen LogP contribution in [0.25, 0.3) is 0 Å². The molecule has 0 bridgehead atoms. The third kappa shape index (κ3) is 6.47. The van der Waals surface area contributed by atoms with Gasteiger partial charge >= 0.3 is 0 Å². The molecule has 0 aliphatic carbocycles. The van der Waals surface area contributed by atoms with Crippen LogP contribution in [0.5, 0.6) is 0 Å². The van der Waals surface area contributed by atoms with Gasteiger partial charge in [-0.3, -0.25) is 4.79 Å². The average molecular weight is 216 g/mol. The molecular weight excluding hydrogens is 192 g/mol. The Labute approximate surface area is 92.6 Å². The van der Waals surface area contributed by atoms with Crippen LogP contribution in [0.3, 0.4) is 0 Å². The molecular formula is C11H24N2O2. The SMILES string of the molecule is CCCC(COC)NC(=O)C(N)CCC. The van der Waals surface area contributed by atoms with Gasteiger partial charge < -0.3 is 15.8 Å². The van der Waals surface area contributed by atoms with Gasteiger partial charge in [-0.25, -0.2) is 0 Å². The van der Waals surface area contributed by atoms with Crippen LogP contribution in [0.1, 0.15) is 39.5 Å². The standard InChI is InChI=1S/C11H24N2O2/c1-4-6-9(8-15-3)13-11(14)10(12)7-5-2/h9-10H,4-8,12H2,1-3H3,(H,13,14). The number of carbonyl (C=O) groups is 1. The first-order chi connectivity index (χ1) is 7.15. The van der Waals surface area contributed by atoms with Crippen molar-refractivity contribution in [3.05, 3.63) is 0 Å². The van der Waals surface area contributed by atoms with E-state index >= 15 is 0 Å². The zero-order valence-corrected chi connectivity index (χ0v) is 10.1. The van der Waals surface area contributed by atoms with Gasteiger partial charge in [0, 0.05) is 7.11 Å². The van der Waals surface area contributed by atoms with Gasteiger partial charge in [-0.2, -0.15) is 0 Å². The Morgan fingerprint density at radius 3 is 2.40 bits per heavy atom. The third-order valence-electron chi connectivity index (χ3n) is 2.29. The predicted octanol–water partition coefficient (Wildman–Crippen LogP) is 1.05. The maximum absolute atomic E-state index is 11.6. The number of nitrogens with one attached hydrogen (secondary N) is 1. The van der Waals surface area contributed by atoms with Crippen molar-refractivity contribution in [3.8, 4) is 0 Å². The van der Waals surface area contributed by atoms with E-state index in [2.05, 4.69) is 12.2 Å². The highest BCUT2D eigenvalue weighted by atomic mass is 16.5. The molecule has 0 radical (unpaired) electrons. The summed E-state index contributed by atoms with van der Waals surface area (Å²) in [5.74, 6) is -0.0626. The number of hydrogen-bond donors (Lipinski definition) is 2. The molecule has 4 heteroatoms. The van der Waals surface area contributed by atoms with Crippen molar-refractivity contribution < 1.29 is 9.53 Å². The summed E-state index contributed by atoms with van der Waals surface area (Å²) in [4.78, 5) is 11.6. The van der Waals surface area contributed by atoms with Gasteiger partial charge in [0.25, 0.3) is 0 Å². The summed E-state index contributed by atoms with van der Waals surface area (Å²) in [7, 11) is 1.64. The second kappa shape index (κ2) is 8.68. The van der Waals surface area contributed by atoms with Crippen molar-refractivity contribution in [2.75, 3.05) is 13.7 Å². The molecule has 0 aromatic carbocycles. The van der Waals surface area contributed by atoms with Crippen LogP contribution in [-0.2, 0) is 9.53 Å². The van der Waals surface area contributed by atoms with Crippen LogP contribution < -0.4 is 11.1 Å². The normalized spacial score (nSPS) is 14.7.